The minimum Gasteiger partial charge on any atom is -0.508 e. The summed E-state index contributed by atoms with van der Waals surface area (Å²) in [6.07, 6.45) is 8.04. The number of carbonyl (C=O) groups is 1. The Balaban J connectivity index is 1.62. The number of benzene rings is 1. The summed E-state index contributed by atoms with van der Waals surface area (Å²) in [6.45, 7) is 1.78. The first-order valence-corrected chi connectivity index (χ1v) is 10.5. The molecule has 0 radical (unpaired) electrons. The summed E-state index contributed by atoms with van der Waals surface area (Å²) in [4.78, 5) is 22.3. The van der Waals surface area contributed by atoms with E-state index in [2.05, 4.69) is 25.9 Å². The van der Waals surface area contributed by atoms with Gasteiger partial charge < -0.3 is 21.1 Å². The number of rotatable bonds is 5. The molecule has 4 N–H and O–H groups in total. The lowest BCUT2D eigenvalue weighted by atomic mass is 10.1. The van der Waals surface area contributed by atoms with Crippen LogP contribution in [0, 0.1) is 0 Å². The lowest BCUT2D eigenvalue weighted by molar-refractivity contribution is 0.0937. The fraction of sp³-hybridized carbons (Fsp3) is 0.286. The van der Waals surface area contributed by atoms with Crippen LogP contribution in [0.5, 0.6) is 5.75 Å². The van der Waals surface area contributed by atoms with Gasteiger partial charge in [0.25, 0.3) is 5.91 Å². The highest BCUT2D eigenvalue weighted by atomic mass is 32.1. The number of phenolic OH excluding ortho intramolecular Hbond substituents is 1. The van der Waals surface area contributed by atoms with Crippen LogP contribution >= 0.6 is 11.3 Å². The number of thiophene rings is 1. The number of nitrogens with zero attached hydrogens (tertiary/aromatic N) is 2. The summed E-state index contributed by atoms with van der Waals surface area (Å²) in [6, 6.07) is 8.96. The lowest BCUT2D eigenvalue weighted by Gasteiger charge is -2.16. The third-order valence-electron chi connectivity index (χ3n) is 4.82. The standard InChI is InChI=1S/C21H23N5O2S/c27-16-6-4-14(5-7-16)18-11-17(20(28)25-15-3-1-2-8-22-12-15)21(29-18)26-19-13-23-9-10-24-19/h4-7,9-11,13,15,22,27H,1-3,8,12H2,(H,24,26)(H,25,28). The van der Waals surface area contributed by atoms with Gasteiger partial charge in [0.05, 0.1) is 11.8 Å². The molecule has 1 fully saturated rings. The zero-order chi connectivity index (χ0) is 20.1. The normalized spacial score (nSPS) is 16.8. The summed E-state index contributed by atoms with van der Waals surface area (Å²) < 4.78 is 0. The summed E-state index contributed by atoms with van der Waals surface area (Å²) in [5.74, 6) is 0.685. The van der Waals surface area contributed by atoms with Gasteiger partial charge >= 0.3 is 0 Å². The first-order chi connectivity index (χ1) is 14.2. The minimum atomic E-state index is -0.105. The van der Waals surface area contributed by atoms with E-state index < -0.39 is 0 Å². The molecule has 1 aliphatic rings. The Kier molecular flexibility index (Phi) is 6.02. The van der Waals surface area contributed by atoms with Gasteiger partial charge in [0.15, 0.2) is 0 Å². The molecule has 7 nitrogen and oxygen atoms in total. The van der Waals surface area contributed by atoms with Crippen LogP contribution in [-0.4, -0.2) is 40.1 Å². The van der Waals surface area contributed by atoms with E-state index in [1.807, 2.05) is 18.2 Å². The third kappa shape index (κ3) is 4.90. The average Bonchev–Trinajstić information content (AvgIpc) is 2.98. The molecular formula is C21H23N5O2S. The summed E-state index contributed by atoms with van der Waals surface area (Å²) >= 11 is 1.47. The maximum absolute atomic E-state index is 13.1. The van der Waals surface area contributed by atoms with Gasteiger partial charge in [-0.15, -0.1) is 11.3 Å². The number of phenols is 1. The van der Waals surface area contributed by atoms with E-state index in [0.29, 0.717) is 16.4 Å². The molecule has 1 aliphatic heterocycles. The highest BCUT2D eigenvalue weighted by molar-refractivity contribution is 7.19. The monoisotopic (exact) mass is 409 g/mol. The lowest BCUT2D eigenvalue weighted by Crippen LogP contribution is -2.40. The molecule has 0 saturated carbocycles. The van der Waals surface area contributed by atoms with Crippen LogP contribution in [0.1, 0.15) is 29.6 Å². The van der Waals surface area contributed by atoms with Crippen LogP contribution in [0.15, 0.2) is 48.9 Å². The first-order valence-electron chi connectivity index (χ1n) is 9.67. The van der Waals surface area contributed by atoms with E-state index in [-0.39, 0.29) is 17.7 Å². The maximum Gasteiger partial charge on any atom is 0.254 e. The number of hydrogen-bond acceptors (Lipinski definition) is 7. The molecule has 1 atom stereocenters. The second-order valence-electron chi connectivity index (χ2n) is 6.99. The second-order valence-corrected chi connectivity index (χ2v) is 8.04. The summed E-state index contributed by atoms with van der Waals surface area (Å²) in [5, 5.41) is 20.0. The molecule has 0 spiro atoms. The summed E-state index contributed by atoms with van der Waals surface area (Å²) in [7, 11) is 0. The Morgan fingerprint density at radius 2 is 2.07 bits per heavy atom. The molecule has 150 valence electrons. The molecule has 0 aliphatic carbocycles. The molecule has 3 aromatic rings. The van der Waals surface area contributed by atoms with Gasteiger partial charge in [0, 0.05) is 29.9 Å². The highest BCUT2D eigenvalue weighted by Crippen LogP contribution is 2.37. The number of amides is 1. The van der Waals surface area contributed by atoms with Gasteiger partial charge in [-0.05, 0) is 55.3 Å². The van der Waals surface area contributed by atoms with Crippen LogP contribution in [0.3, 0.4) is 0 Å². The number of anilines is 2. The van der Waals surface area contributed by atoms with Crippen molar-refractivity contribution in [2.24, 2.45) is 0 Å². The van der Waals surface area contributed by atoms with Crippen molar-refractivity contribution in [2.45, 2.75) is 25.3 Å². The van der Waals surface area contributed by atoms with E-state index in [9.17, 15) is 9.90 Å². The van der Waals surface area contributed by atoms with E-state index in [4.69, 9.17) is 0 Å². The molecule has 1 amide bonds. The fourth-order valence-corrected chi connectivity index (χ4v) is 4.37. The molecular weight excluding hydrogens is 386 g/mol. The molecule has 1 unspecified atom stereocenters. The van der Waals surface area contributed by atoms with E-state index >= 15 is 0 Å². The van der Waals surface area contributed by atoms with Gasteiger partial charge in [-0.2, -0.15) is 0 Å². The third-order valence-corrected chi connectivity index (χ3v) is 5.91. The largest absolute Gasteiger partial charge is 0.508 e. The second kappa shape index (κ2) is 9.02. The van der Waals surface area contributed by atoms with Crippen molar-refractivity contribution < 1.29 is 9.90 Å². The molecule has 0 bridgehead atoms. The Morgan fingerprint density at radius 3 is 2.86 bits per heavy atom. The van der Waals surface area contributed by atoms with Gasteiger partial charge in [-0.3, -0.25) is 9.78 Å². The SMILES string of the molecule is O=C(NC1CCCCNC1)c1cc(-c2ccc(O)cc2)sc1Nc1cnccn1. The molecule has 29 heavy (non-hydrogen) atoms. The van der Waals surface area contributed by atoms with Crippen molar-refractivity contribution in [1.82, 2.24) is 20.6 Å². The Morgan fingerprint density at radius 1 is 1.21 bits per heavy atom. The highest BCUT2D eigenvalue weighted by Gasteiger charge is 2.21. The predicted molar refractivity (Wildman–Crippen MR) is 115 cm³/mol. The van der Waals surface area contributed by atoms with E-state index in [1.54, 1.807) is 30.7 Å². The van der Waals surface area contributed by atoms with Gasteiger partial charge in [-0.25, -0.2) is 4.98 Å². The van der Waals surface area contributed by atoms with Crippen molar-refractivity contribution in [3.05, 3.63) is 54.5 Å². The number of nitrogens with one attached hydrogen (secondary N) is 3. The molecule has 2 aromatic heterocycles. The van der Waals surface area contributed by atoms with Crippen LogP contribution in [0.4, 0.5) is 10.8 Å². The van der Waals surface area contributed by atoms with Crippen molar-refractivity contribution in [1.29, 1.82) is 0 Å². The van der Waals surface area contributed by atoms with Crippen molar-refractivity contribution in [2.75, 3.05) is 18.4 Å². The first kappa shape index (κ1) is 19.4. The number of hydrogen-bond donors (Lipinski definition) is 4. The van der Waals surface area contributed by atoms with Crippen molar-refractivity contribution >= 4 is 28.1 Å². The zero-order valence-electron chi connectivity index (χ0n) is 15.9. The Bertz CT molecular complexity index is 951. The van der Waals surface area contributed by atoms with Crippen molar-refractivity contribution in [3.8, 4) is 16.2 Å². The topological polar surface area (TPSA) is 99.2 Å². The Labute approximate surface area is 173 Å². The molecule has 1 saturated heterocycles. The average molecular weight is 410 g/mol. The quantitative estimate of drug-likeness (QED) is 0.515. The van der Waals surface area contributed by atoms with Gasteiger partial charge in [-0.1, -0.05) is 6.42 Å². The molecule has 3 heterocycles. The molecule has 4 rings (SSSR count). The molecule has 8 heteroatoms. The zero-order valence-corrected chi connectivity index (χ0v) is 16.7. The van der Waals surface area contributed by atoms with Gasteiger partial charge in [0.1, 0.15) is 16.6 Å². The fourth-order valence-electron chi connectivity index (χ4n) is 3.31. The van der Waals surface area contributed by atoms with E-state index in [1.165, 1.54) is 11.3 Å². The van der Waals surface area contributed by atoms with Crippen LogP contribution in [0.25, 0.3) is 10.4 Å². The minimum absolute atomic E-state index is 0.105. The van der Waals surface area contributed by atoms with Gasteiger partial charge in [0.2, 0.25) is 0 Å². The number of carbonyl (C=O) groups excluding carboxylic acids is 1. The van der Waals surface area contributed by atoms with Crippen LogP contribution < -0.4 is 16.0 Å². The van der Waals surface area contributed by atoms with Crippen molar-refractivity contribution in [3.63, 3.8) is 0 Å². The number of aromatic nitrogens is 2. The van der Waals surface area contributed by atoms with E-state index in [0.717, 1.165) is 42.8 Å². The molecule has 1 aromatic carbocycles. The predicted octanol–water partition coefficient (Wildman–Crippen LogP) is 3.53. The smallest absolute Gasteiger partial charge is 0.254 e. The maximum atomic E-state index is 13.1. The Hall–Kier alpha value is -2.97. The summed E-state index contributed by atoms with van der Waals surface area (Å²) in [5.41, 5.74) is 1.51. The van der Waals surface area contributed by atoms with Crippen LogP contribution in [0.2, 0.25) is 0 Å². The number of aromatic hydroxyl groups is 1. The van der Waals surface area contributed by atoms with Crippen LogP contribution in [-0.2, 0) is 0 Å².